The highest BCUT2D eigenvalue weighted by Gasteiger charge is 2.14. The molecule has 5 aromatic carbocycles. The Bertz CT molecular complexity index is 1460. The number of fused-ring (bicyclic) bond motifs is 5. The van der Waals surface area contributed by atoms with Crippen LogP contribution in [-0.4, -0.2) is 18.7 Å². The Morgan fingerprint density at radius 2 is 0.967 bits per heavy atom. The largest absolute Gasteiger partial charge is 0.378 e. The molecule has 0 fully saturated rings. The molecule has 0 aliphatic heterocycles. The Hall–Kier alpha value is -3.78. The molecule has 0 aliphatic carbocycles. The molecule has 1 heterocycles. The lowest BCUT2D eigenvalue weighted by Gasteiger charge is -2.14. The molecule has 2 heteroatoms. The van der Waals surface area contributed by atoms with Crippen LogP contribution in [0.2, 0.25) is 0 Å². The second-order valence-electron chi connectivity index (χ2n) is 8.18. The molecule has 6 aromatic rings. The quantitative estimate of drug-likeness (QED) is 0.307. The number of aromatic nitrogens is 1. The monoisotopic (exact) mass is 386 g/mol. The molecule has 6 rings (SSSR count). The van der Waals surface area contributed by atoms with Crippen LogP contribution in [0.25, 0.3) is 49.0 Å². The van der Waals surface area contributed by atoms with Crippen molar-refractivity contribution >= 4 is 49.0 Å². The van der Waals surface area contributed by atoms with Gasteiger partial charge in [0.2, 0.25) is 0 Å². The van der Waals surface area contributed by atoms with Gasteiger partial charge in [0.15, 0.2) is 0 Å². The molecular formula is C28H22N2. The van der Waals surface area contributed by atoms with Crippen molar-refractivity contribution in [3.63, 3.8) is 0 Å². The number of hydrogen-bond donors (Lipinski definition) is 0. The second-order valence-corrected chi connectivity index (χ2v) is 8.18. The van der Waals surface area contributed by atoms with Gasteiger partial charge in [-0.3, -0.25) is 0 Å². The van der Waals surface area contributed by atoms with E-state index >= 15 is 0 Å². The lowest BCUT2D eigenvalue weighted by molar-refractivity contribution is 1.12. The van der Waals surface area contributed by atoms with Crippen molar-refractivity contribution in [3.05, 3.63) is 97.1 Å². The van der Waals surface area contributed by atoms with Crippen molar-refractivity contribution in [1.29, 1.82) is 0 Å². The van der Waals surface area contributed by atoms with Gasteiger partial charge >= 0.3 is 0 Å². The molecule has 0 saturated carbocycles. The van der Waals surface area contributed by atoms with Crippen molar-refractivity contribution < 1.29 is 0 Å². The van der Waals surface area contributed by atoms with Crippen LogP contribution < -0.4 is 4.90 Å². The van der Waals surface area contributed by atoms with Crippen LogP contribution >= 0.6 is 0 Å². The van der Waals surface area contributed by atoms with Crippen molar-refractivity contribution in [2.75, 3.05) is 19.0 Å². The van der Waals surface area contributed by atoms with E-state index in [4.69, 9.17) is 0 Å². The molecule has 0 aliphatic rings. The zero-order chi connectivity index (χ0) is 20.2. The Balaban J connectivity index is 1.77. The van der Waals surface area contributed by atoms with Crippen LogP contribution in [0.1, 0.15) is 0 Å². The van der Waals surface area contributed by atoms with E-state index in [0.29, 0.717) is 0 Å². The third-order valence-electron chi connectivity index (χ3n) is 6.12. The standard InChI is InChI=1S/C28H22N2/c1-29(2)23-11-13-24(14-12-23)30-27-17-21-9-5-3-7-19(21)15-25(27)26-16-20-8-4-6-10-22(20)18-28(26)30/h3-18H,1-2H3. The van der Waals surface area contributed by atoms with Gasteiger partial charge in [0.25, 0.3) is 0 Å². The summed E-state index contributed by atoms with van der Waals surface area (Å²) in [6, 6.07) is 35.4. The van der Waals surface area contributed by atoms with E-state index in [1.165, 1.54) is 54.7 Å². The topological polar surface area (TPSA) is 8.17 Å². The second kappa shape index (κ2) is 6.36. The van der Waals surface area contributed by atoms with Gasteiger partial charge in [-0.1, -0.05) is 48.5 Å². The highest BCUT2D eigenvalue weighted by molar-refractivity contribution is 6.16. The SMILES string of the molecule is CN(C)c1ccc(-n2c3cc4ccccc4cc3c3cc4ccccc4cc32)cc1. The van der Waals surface area contributed by atoms with Crippen molar-refractivity contribution in [3.8, 4) is 5.69 Å². The number of rotatable bonds is 2. The average Bonchev–Trinajstić information content (AvgIpc) is 3.08. The maximum Gasteiger partial charge on any atom is 0.0547 e. The molecule has 0 bridgehead atoms. The first-order valence-corrected chi connectivity index (χ1v) is 10.3. The fraction of sp³-hybridized carbons (Fsp3) is 0.0714. The summed E-state index contributed by atoms with van der Waals surface area (Å²) in [5.74, 6) is 0. The van der Waals surface area contributed by atoms with E-state index in [1.54, 1.807) is 0 Å². The van der Waals surface area contributed by atoms with E-state index in [1.807, 2.05) is 0 Å². The summed E-state index contributed by atoms with van der Waals surface area (Å²) in [7, 11) is 4.15. The van der Waals surface area contributed by atoms with Crippen LogP contribution in [-0.2, 0) is 0 Å². The highest BCUT2D eigenvalue weighted by atomic mass is 15.1. The van der Waals surface area contributed by atoms with Gasteiger partial charge in [-0.25, -0.2) is 0 Å². The molecule has 0 spiro atoms. The Morgan fingerprint density at radius 3 is 1.40 bits per heavy atom. The normalized spacial score (nSPS) is 11.7. The first-order chi connectivity index (χ1) is 14.7. The number of benzene rings is 5. The van der Waals surface area contributed by atoms with E-state index in [-0.39, 0.29) is 0 Å². The van der Waals surface area contributed by atoms with Crippen LogP contribution in [0.5, 0.6) is 0 Å². The smallest absolute Gasteiger partial charge is 0.0547 e. The highest BCUT2D eigenvalue weighted by Crippen LogP contribution is 2.37. The number of hydrogen-bond acceptors (Lipinski definition) is 1. The van der Waals surface area contributed by atoms with Gasteiger partial charge in [-0.05, 0) is 70.1 Å². The minimum absolute atomic E-state index is 1.19. The first-order valence-electron chi connectivity index (χ1n) is 10.3. The summed E-state index contributed by atoms with van der Waals surface area (Å²) < 4.78 is 2.41. The van der Waals surface area contributed by atoms with Crippen LogP contribution in [0, 0.1) is 0 Å². The summed E-state index contributed by atoms with van der Waals surface area (Å²) >= 11 is 0. The predicted molar refractivity (Wildman–Crippen MR) is 130 cm³/mol. The number of nitrogens with zero attached hydrogens (tertiary/aromatic N) is 2. The summed E-state index contributed by atoms with van der Waals surface area (Å²) in [6.07, 6.45) is 0. The number of anilines is 1. The van der Waals surface area contributed by atoms with Gasteiger partial charge < -0.3 is 9.47 Å². The van der Waals surface area contributed by atoms with Crippen LogP contribution in [0.3, 0.4) is 0 Å². The Kier molecular flexibility index (Phi) is 3.63. The van der Waals surface area contributed by atoms with Crippen LogP contribution in [0.4, 0.5) is 5.69 Å². The van der Waals surface area contributed by atoms with E-state index in [0.717, 1.165) is 0 Å². The lowest BCUT2D eigenvalue weighted by Crippen LogP contribution is -2.08. The molecule has 0 saturated heterocycles. The third kappa shape index (κ3) is 2.50. The van der Waals surface area contributed by atoms with Crippen molar-refractivity contribution in [2.24, 2.45) is 0 Å². The molecule has 0 radical (unpaired) electrons. The zero-order valence-corrected chi connectivity index (χ0v) is 17.1. The minimum Gasteiger partial charge on any atom is -0.378 e. The summed E-state index contributed by atoms with van der Waals surface area (Å²) in [6.45, 7) is 0. The predicted octanol–water partition coefficient (Wildman–Crippen LogP) is 7.16. The average molecular weight is 386 g/mol. The maximum atomic E-state index is 2.41. The van der Waals surface area contributed by atoms with Crippen molar-refractivity contribution in [2.45, 2.75) is 0 Å². The van der Waals surface area contributed by atoms with Crippen molar-refractivity contribution in [1.82, 2.24) is 4.57 Å². The molecule has 0 N–H and O–H groups in total. The Labute approximate surface area is 175 Å². The van der Waals surface area contributed by atoms with Gasteiger partial charge in [0.05, 0.1) is 11.0 Å². The summed E-state index contributed by atoms with van der Waals surface area (Å²) in [5, 5.41) is 7.68. The molecule has 0 amide bonds. The van der Waals surface area contributed by atoms with E-state index < -0.39 is 0 Å². The van der Waals surface area contributed by atoms with Gasteiger partial charge in [-0.2, -0.15) is 0 Å². The molecule has 30 heavy (non-hydrogen) atoms. The van der Waals surface area contributed by atoms with E-state index in [2.05, 4.69) is 121 Å². The summed E-state index contributed by atoms with van der Waals surface area (Å²) in [4.78, 5) is 2.14. The lowest BCUT2D eigenvalue weighted by atomic mass is 10.0. The first kappa shape index (κ1) is 17.1. The zero-order valence-electron chi connectivity index (χ0n) is 17.1. The fourth-order valence-corrected chi connectivity index (χ4v) is 4.57. The molecule has 2 nitrogen and oxygen atoms in total. The maximum absolute atomic E-state index is 2.41. The minimum atomic E-state index is 1.19. The molecular weight excluding hydrogens is 364 g/mol. The Morgan fingerprint density at radius 1 is 0.533 bits per heavy atom. The van der Waals surface area contributed by atoms with E-state index in [9.17, 15) is 0 Å². The van der Waals surface area contributed by atoms with Crippen LogP contribution in [0.15, 0.2) is 97.1 Å². The molecule has 0 atom stereocenters. The molecule has 144 valence electrons. The van der Waals surface area contributed by atoms with Gasteiger partial charge in [0.1, 0.15) is 0 Å². The fourth-order valence-electron chi connectivity index (χ4n) is 4.57. The van der Waals surface area contributed by atoms with Gasteiger partial charge in [-0.15, -0.1) is 0 Å². The molecule has 0 unspecified atom stereocenters. The third-order valence-corrected chi connectivity index (χ3v) is 6.12. The van der Waals surface area contributed by atoms with Gasteiger partial charge in [0, 0.05) is 36.2 Å². The summed E-state index contributed by atoms with van der Waals surface area (Å²) in [5.41, 5.74) is 4.88. The molecule has 1 aromatic heterocycles.